The molecule has 2 aliphatic rings. The molecule has 0 aromatic carbocycles. The highest BCUT2D eigenvalue weighted by molar-refractivity contribution is 14.0. The van der Waals surface area contributed by atoms with E-state index in [0.29, 0.717) is 45.4 Å². The molecule has 2 rings (SSSR count). The Morgan fingerprint density at radius 2 is 2.11 bits per heavy atom. The summed E-state index contributed by atoms with van der Waals surface area (Å²) < 4.78 is 37.5. The summed E-state index contributed by atoms with van der Waals surface area (Å²) in [4.78, 5) is 4.49. The number of nitrogens with one attached hydrogen (secondary N) is 2. The van der Waals surface area contributed by atoms with Crippen molar-refractivity contribution in [1.82, 2.24) is 14.9 Å². The van der Waals surface area contributed by atoms with Gasteiger partial charge in [0.25, 0.3) is 0 Å². The van der Waals surface area contributed by atoms with Crippen molar-refractivity contribution >= 4 is 51.7 Å². The third kappa shape index (κ3) is 10.3. The minimum atomic E-state index is -3.19. The number of nitrogens with zero attached hydrogens (tertiary/aromatic N) is 2. The highest BCUT2D eigenvalue weighted by atomic mass is 127. The zero-order valence-corrected chi connectivity index (χ0v) is 20.7. The SMILES string of the molecule is CCNC(=NCCCOCC1CCCO1)NCCS(=O)(=O)N1CCSCC1.I. The largest absolute Gasteiger partial charge is 0.379 e. The van der Waals surface area contributed by atoms with Gasteiger partial charge in [0.1, 0.15) is 0 Å². The van der Waals surface area contributed by atoms with Crippen LogP contribution >= 0.6 is 35.7 Å². The van der Waals surface area contributed by atoms with Crippen molar-refractivity contribution in [2.24, 2.45) is 4.99 Å². The molecule has 2 N–H and O–H groups in total. The van der Waals surface area contributed by atoms with Gasteiger partial charge >= 0.3 is 0 Å². The highest BCUT2D eigenvalue weighted by Crippen LogP contribution is 2.13. The molecular formula is C17H35IN4O4S2. The van der Waals surface area contributed by atoms with Crippen molar-refractivity contribution in [1.29, 1.82) is 0 Å². The standard InChI is InChI=1S/C17H34N4O4S2.HI/c1-2-18-17(19-6-4-10-24-15-16-5-3-11-25-16)20-7-14-27(22,23)21-8-12-26-13-9-21;/h16H,2-15H2,1H3,(H2,18,19,20);1H. The number of ether oxygens (including phenoxy) is 2. The van der Waals surface area contributed by atoms with Gasteiger partial charge in [-0.15, -0.1) is 24.0 Å². The molecule has 0 spiro atoms. The number of thioether (sulfide) groups is 1. The molecule has 2 heterocycles. The number of halogens is 1. The molecule has 1 atom stereocenters. The Hall–Kier alpha value is 0.180. The Morgan fingerprint density at radius 1 is 1.32 bits per heavy atom. The Bertz CT molecular complexity index is 539. The smallest absolute Gasteiger partial charge is 0.215 e. The van der Waals surface area contributed by atoms with Crippen molar-refractivity contribution < 1.29 is 17.9 Å². The summed E-state index contributed by atoms with van der Waals surface area (Å²) in [5.41, 5.74) is 0. The normalized spacial score (nSPS) is 21.3. The van der Waals surface area contributed by atoms with Gasteiger partial charge in [-0.1, -0.05) is 0 Å². The summed E-state index contributed by atoms with van der Waals surface area (Å²) in [5, 5.41) is 6.27. The molecule has 0 aromatic heterocycles. The second kappa shape index (κ2) is 15.1. The molecule has 0 bridgehead atoms. The van der Waals surface area contributed by atoms with E-state index in [1.807, 2.05) is 6.92 Å². The molecule has 2 fully saturated rings. The second-order valence-electron chi connectivity index (χ2n) is 6.58. The van der Waals surface area contributed by atoms with Crippen LogP contribution in [0.3, 0.4) is 0 Å². The van der Waals surface area contributed by atoms with Crippen LogP contribution in [0, 0.1) is 0 Å². The van der Waals surface area contributed by atoms with Crippen LogP contribution in [-0.2, 0) is 19.5 Å². The lowest BCUT2D eigenvalue weighted by molar-refractivity contribution is 0.0171. The van der Waals surface area contributed by atoms with E-state index in [-0.39, 0.29) is 35.8 Å². The summed E-state index contributed by atoms with van der Waals surface area (Å²) in [6, 6.07) is 0. The van der Waals surface area contributed by atoms with E-state index in [1.54, 1.807) is 16.1 Å². The molecule has 166 valence electrons. The molecule has 0 aromatic rings. The molecular weight excluding hydrogens is 515 g/mol. The fourth-order valence-corrected chi connectivity index (χ4v) is 5.43. The van der Waals surface area contributed by atoms with Crippen LogP contribution in [-0.4, -0.2) is 94.6 Å². The third-order valence-corrected chi connectivity index (χ3v) is 7.22. The molecule has 28 heavy (non-hydrogen) atoms. The first-order valence-corrected chi connectivity index (χ1v) is 12.7. The van der Waals surface area contributed by atoms with Crippen LogP contribution in [0.15, 0.2) is 4.99 Å². The van der Waals surface area contributed by atoms with E-state index in [2.05, 4.69) is 15.6 Å². The van der Waals surface area contributed by atoms with E-state index in [0.717, 1.165) is 43.9 Å². The van der Waals surface area contributed by atoms with Gasteiger partial charge in [0, 0.05) is 57.4 Å². The quantitative estimate of drug-likeness (QED) is 0.173. The second-order valence-corrected chi connectivity index (χ2v) is 9.89. The van der Waals surface area contributed by atoms with Crippen LogP contribution in [0.1, 0.15) is 26.2 Å². The van der Waals surface area contributed by atoms with Gasteiger partial charge in [-0.05, 0) is 26.2 Å². The Balaban J connectivity index is 0.00000392. The molecule has 0 amide bonds. The number of guanidine groups is 1. The van der Waals surface area contributed by atoms with Crippen LogP contribution in [0.5, 0.6) is 0 Å². The Kier molecular flexibility index (Phi) is 14.1. The molecule has 0 aliphatic carbocycles. The monoisotopic (exact) mass is 550 g/mol. The maximum absolute atomic E-state index is 12.4. The van der Waals surface area contributed by atoms with Gasteiger partial charge in [0.2, 0.25) is 10.0 Å². The van der Waals surface area contributed by atoms with Gasteiger partial charge in [-0.2, -0.15) is 11.8 Å². The summed E-state index contributed by atoms with van der Waals surface area (Å²) in [5.74, 6) is 2.50. The minimum Gasteiger partial charge on any atom is -0.379 e. The van der Waals surface area contributed by atoms with E-state index >= 15 is 0 Å². The van der Waals surface area contributed by atoms with Gasteiger partial charge in [0.15, 0.2) is 5.96 Å². The van der Waals surface area contributed by atoms with Crippen molar-refractivity contribution in [3.8, 4) is 0 Å². The predicted molar refractivity (Wildman–Crippen MR) is 126 cm³/mol. The lowest BCUT2D eigenvalue weighted by Crippen LogP contribution is -2.44. The first kappa shape index (κ1) is 26.2. The number of rotatable bonds is 11. The summed E-state index contributed by atoms with van der Waals surface area (Å²) in [6.07, 6.45) is 3.30. The molecule has 2 saturated heterocycles. The molecule has 11 heteroatoms. The first-order chi connectivity index (χ1) is 13.1. The Morgan fingerprint density at radius 3 is 2.79 bits per heavy atom. The van der Waals surface area contributed by atoms with E-state index in [1.165, 1.54) is 0 Å². The van der Waals surface area contributed by atoms with Crippen molar-refractivity contribution in [2.75, 3.05) is 69.8 Å². The van der Waals surface area contributed by atoms with Crippen LogP contribution < -0.4 is 10.6 Å². The van der Waals surface area contributed by atoms with E-state index in [4.69, 9.17) is 9.47 Å². The number of aliphatic imine (C=N–C) groups is 1. The maximum atomic E-state index is 12.4. The highest BCUT2D eigenvalue weighted by Gasteiger charge is 2.23. The predicted octanol–water partition coefficient (Wildman–Crippen LogP) is 1.12. The van der Waals surface area contributed by atoms with Crippen LogP contribution in [0.4, 0.5) is 0 Å². The lowest BCUT2D eigenvalue weighted by Gasteiger charge is -2.25. The van der Waals surface area contributed by atoms with Gasteiger partial charge < -0.3 is 20.1 Å². The first-order valence-electron chi connectivity index (χ1n) is 9.89. The maximum Gasteiger partial charge on any atom is 0.215 e. The summed E-state index contributed by atoms with van der Waals surface area (Å²) in [6.45, 7) is 7.12. The molecule has 8 nitrogen and oxygen atoms in total. The van der Waals surface area contributed by atoms with Crippen molar-refractivity contribution in [3.05, 3.63) is 0 Å². The van der Waals surface area contributed by atoms with Gasteiger partial charge in [0.05, 0.1) is 18.5 Å². The van der Waals surface area contributed by atoms with Crippen LogP contribution in [0.25, 0.3) is 0 Å². The molecule has 2 aliphatic heterocycles. The minimum absolute atomic E-state index is 0. The Labute approximate surface area is 191 Å². The van der Waals surface area contributed by atoms with Gasteiger partial charge in [-0.3, -0.25) is 4.99 Å². The lowest BCUT2D eigenvalue weighted by atomic mass is 10.2. The summed E-state index contributed by atoms with van der Waals surface area (Å²) in [7, 11) is -3.19. The van der Waals surface area contributed by atoms with E-state index < -0.39 is 10.0 Å². The molecule has 1 unspecified atom stereocenters. The van der Waals surface area contributed by atoms with Crippen molar-refractivity contribution in [3.63, 3.8) is 0 Å². The molecule has 0 radical (unpaired) electrons. The fraction of sp³-hybridized carbons (Fsp3) is 0.941. The molecule has 0 saturated carbocycles. The average molecular weight is 551 g/mol. The van der Waals surface area contributed by atoms with E-state index in [9.17, 15) is 8.42 Å². The fourth-order valence-electron chi connectivity index (χ4n) is 2.94. The topological polar surface area (TPSA) is 92.3 Å². The number of sulfonamides is 1. The van der Waals surface area contributed by atoms with Crippen LogP contribution in [0.2, 0.25) is 0 Å². The average Bonchev–Trinajstić information content (AvgIpc) is 3.18. The zero-order valence-electron chi connectivity index (χ0n) is 16.7. The number of hydrogen-bond acceptors (Lipinski definition) is 6. The number of hydrogen-bond donors (Lipinski definition) is 2. The summed E-state index contributed by atoms with van der Waals surface area (Å²) >= 11 is 1.80. The van der Waals surface area contributed by atoms with Gasteiger partial charge in [-0.25, -0.2) is 12.7 Å². The third-order valence-electron chi connectivity index (χ3n) is 4.40. The van der Waals surface area contributed by atoms with Crippen molar-refractivity contribution in [2.45, 2.75) is 32.3 Å². The zero-order chi connectivity index (χ0) is 19.4.